The lowest BCUT2D eigenvalue weighted by molar-refractivity contribution is -0.0467. The van der Waals surface area contributed by atoms with Gasteiger partial charge in [0.2, 0.25) is 0 Å². The largest absolute Gasteiger partial charge is 0.387 e. The normalized spacial score (nSPS) is 27.7. The van der Waals surface area contributed by atoms with Crippen molar-refractivity contribution in [3.8, 4) is 0 Å². The molecule has 0 saturated carbocycles. The van der Waals surface area contributed by atoms with Crippen LogP contribution in [0.4, 0.5) is 5.82 Å². The fraction of sp³-hybridized carbons (Fsp3) is 0.421. The third-order valence-corrected chi connectivity index (χ3v) is 6.28. The number of ether oxygens (including phenoxy) is 1. The molecule has 0 spiro atoms. The van der Waals surface area contributed by atoms with E-state index in [1.165, 1.54) is 28.3 Å². The summed E-state index contributed by atoms with van der Waals surface area (Å²) in [5, 5.41) is 29.0. The van der Waals surface area contributed by atoms with Gasteiger partial charge in [-0.15, -0.1) is 0 Å². The van der Waals surface area contributed by atoms with Crippen LogP contribution in [0.1, 0.15) is 29.8 Å². The number of nitrogens with zero attached hydrogens (tertiary/aromatic N) is 4. The summed E-state index contributed by atoms with van der Waals surface area (Å²) in [6, 6.07) is 8.31. The van der Waals surface area contributed by atoms with Gasteiger partial charge in [0.05, 0.1) is 19.0 Å². The summed E-state index contributed by atoms with van der Waals surface area (Å²) in [6.07, 6.45) is -0.228. The molecule has 3 aromatic rings. The highest BCUT2D eigenvalue weighted by Crippen LogP contribution is 2.36. The van der Waals surface area contributed by atoms with Crippen LogP contribution in [0.15, 0.2) is 36.9 Å². The first-order chi connectivity index (χ1) is 15.3. The van der Waals surface area contributed by atoms with Crippen LogP contribution in [0.25, 0.3) is 11.2 Å². The third-order valence-electron chi connectivity index (χ3n) is 5.81. The maximum absolute atomic E-state index is 11.0. The number of aliphatic hydroxyl groups is 2. The quantitative estimate of drug-likeness (QED) is 0.383. The second-order valence-electron chi connectivity index (χ2n) is 7.80. The molecule has 1 saturated heterocycles. The van der Waals surface area contributed by atoms with Gasteiger partial charge in [-0.25, -0.2) is 20.1 Å². The van der Waals surface area contributed by atoms with Gasteiger partial charge in [0.25, 0.3) is 0 Å². The molecule has 2 aromatic heterocycles. The summed E-state index contributed by atoms with van der Waals surface area (Å²) in [5.74, 6) is 0.539. The first kappa shape index (κ1) is 21.2. The van der Waals surface area contributed by atoms with Gasteiger partial charge in [0, 0.05) is 0 Å². The van der Waals surface area contributed by atoms with Crippen molar-refractivity contribution < 1.29 is 27.6 Å². The minimum Gasteiger partial charge on any atom is -0.387 e. The molecule has 12 nitrogen and oxygen atoms in total. The number of nitrogens with one attached hydrogen (secondary N) is 1. The maximum Gasteiger partial charge on any atom is 0.333 e. The van der Waals surface area contributed by atoms with E-state index in [9.17, 15) is 18.6 Å². The minimum atomic E-state index is -4.22. The van der Waals surface area contributed by atoms with Crippen LogP contribution in [-0.4, -0.2) is 63.1 Å². The molecule has 2 aliphatic rings. The highest BCUT2D eigenvalue weighted by atomic mass is 32.2. The van der Waals surface area contributed by atoms with E-state index in [0.717, 1.165) is 12.8 Å². The molecule has 1 aliphatic carbocycles. The van der Waals surface area contributed by atoms with Gasteiger partial charge < -0.3 is 20.3 Å². The molecule has 1 fully saturated rings. The van der Waals surface area contributed by atoms with Crippen molar-refractivity contribution in [2.24, 2.45) is 5.14 Å². The van der Waals surface area contributed by atoms with Crippen molar-refractivity contribution >= 4 is 27.3 Å². The fourth-order valence-corrected chi connectivity index (χ4v) is 4.60. The first-order valence-electron chi connectivity index (χ1n) is 10.0. The molecular formula is C19H22N6O6S. The second-order valence-corrected chi connectivity index (χ2v) is 9.03. The number of rotatable bonds is 6. The average molecular weight is 462 g/mol. The van der Waals surface area contributed by atoms with Crippen LogP contribution in [0, 0.1) is 0 Å². The number of anilines is 1. The molecule has 0 bridgehead atoms. The van der Waals surface area contributed by atoms with E-state index in [2.05, 4.69) is 36.6 Å². The van der Waals surface area contributed by atoms with Crippen molar-refractivity contribution in [1.29, 1.82) is 0 Å². The summed E-state index contributed by atoms with van der Waals surface area (Å²) in [4.78, 5) is 13.0. The fourth-order valence-electron chi connectivity index (χ4n) is 4.27. The zero-order chi connectivity index (χ0) is 22.5. The van der Waals surface area contributed by atoms with Gasteiger partial charge in [-0.2, -0.15) is 8.42 Å². The lowest BCUT2D eigenvalue weighted by Crippen LogP contribution is -2.35. The zero-order valence-corrected chi connectivity index (χ0v) is 17.6. The number of hydrogen-bond donors (Lipinski definition) is 4. The van der Waals surface area contributed by atoms with E-state index < -0.39 is 41.5 Å². The molecule has 0 radical (unpaired) electrons. The van der Waals surface area contributed by atoms with E-state index in [-0.39, 0.29) is 6.04 Å². The van der Waals surface area contributed by atoms with Crippen LogP contribution in [0.3, 0.4) is 0 Å². The van der Waals surface area contributed by atoms with Crippen molar-refractivity contribution in [2.45, 2.75) is 43.4 Å². The van der Waals surface area contributed by atoms with Gasteiger partial charge in [-0.1, -0.05) is 24.3 Å². The van der Waals surface area contributed by atoms with Crippen molar-refractivity contribution in [2.75, 3.05) is 11.9 Å². The highest BCUT2D eigenvalue weighted by Gasteiger charge is 2.45. The number of nitrogens with two attached hydrogens (primary N) is 1. The Hall–Kier alpha value is -2.68. The van der Waals surface area contributed by atoms with E-state index in [0.29, 0.717) is 17.0 Å². The molecule has 32 heavy (non-hydrogen) atoms. The lowest BCUT2D eigenvalue weighted by Gasteiger charge is -2.17. The molecule has 1 aliphatic heterocycles. The van der Waals surface area contributed by atoms with Crippen molar-refractivity contribution in [1.82, 2.24) is 19.5 Å². The summed E-state index contributed by atoms with van der Waals surface area (Å²) in [7, 11) is -4.22. The summed E-state index contributed by atoms with van der Waals surface area (Å²) in [6.45, 7) is -0.539. The molecule has 3 heterocycles. The van der Waals surface area contributed by atoms with Gasteiger partial charge >= 0.3 is 10.3 Å². The topological polar surface area (TPSA) is 175 Å². The van der Waals surface area contributed by atoms with Gasteiger partial charge in [-0.05, 0) is 24.0 Å². The SMILES string of the molecule is NS(=O)(=O)OC[C@H]1O[C@@H](n2cnc3c(N[C@H]4CCc5ccccc54)ncnc32)C(O)C1O. The molecule has 5 N–H and O–H groups in total. The molecule has 5 rings (SSSR count). The Labute approximate surface area is 183 Å². The maximum atomic E-state index is 11.0. The van der Waals surface area contributed by atoms with Gasteiger partial charge in [-0.3, -0.25) is 8.75 Å². The Morgan fingerprint density at radius 1 is 1.22 bits per heavy atom. The second kappa shape index (κ2) is 8.03. The van der Waals surface area contributed by atoms with Gasteiger partial charge in [0.15, 0.2) is 23.2 Å². The Kier molecular flexibility index (Phi) is 5.31. The summed E-state index contributed by atoms with van der Waals surface area (Å²) >= 11 is 0. The molecule has 2 unspecified atom stereocenters. The minimum absolute atomic E-state index is 0.0873. The number of aromatic nitrogens is 4. The van der Waals surface area contributed by atoms with Crippen molar-refractivity contribution in [3.63, 3.8) is 0 Å². The number of hydrogen-bond acceptors (Lipinski definition) is 10. The van der Waals surface area contributed by atoms with Crippen LogP contribution < -0.4 is 10.5 Å². The number of fused-ring (bicyclic) bond motifs is 2. The monoisotopic (exact) mass is 462 g/mol. The first-order valence-corrected chi connectivity index (χ1v) is 11.5. The van der Waals surface area contributed by atoms with Crippen LogP contribution in [-0.2, 0) is 25.6 Å². The Bertz CT molecular complexity index is 1250. The smallest absolute Gasteiger partial charge is 0.333 e. The Balaban J connectivity index is 1.40. The van der Waals surface area contributed by atoms with Crippen molar-refractivity contribution in [3.05, 3.63) is 48.0 Å². The number of imidazole rings is 1. The molecule has 13 heteroatoms. The Morgan fingerprint density at radius 3 is 2.84 bits per heavy atom. The van der Waals surface area contributed by atoms with Crippen LogP contribution in [0.5, 0.6) is 0 Å². The Morgan fingerprint density at radius 2 is 2.03 bits per heavy atom. The van der Waals surface area contributed by atoms with E-state index in [1.54, 1.807) is 0 Å². The number of aryl methyl sites for hydroxylation is 1. The van der Waals surface area contributed by atoms with E-state index in [4.69, 9.17) is 9.88 Å². The molecule has 0 amide bonds. The highest BCUT2D eigenvalue weighted by molar-refractivity contribution is 7.84. The molecule has 170 valence electrons. The predicted octanol–water partition coefficient (Wildman–Crippen LogP) is -0.235. The summed E-state index contributed by atoms with van der Waals surface area (Å²) in [5.41, 5.74) is 3.38. The lowest BCUT2D eigenvalue weighted by atomic mass is 10.1. The molecule has 1 aromatic carbocycles. The third kappa shape index (κ3) is 3.83. The average Bonchev–Trinajstić information content (AvgIpc) is 3.44. The molecular weight excluding hydrogens is 440 g/mol. The number of benzene rings is 1. The number of aliphatic hydroxyl groups excluding tert-OH is 2. The zero-order valence-electron chi connectivity index (χ0n) is 16.8. The van der Waals surface area contributed by atoms with E-state index in [1.807, 2.05) is 12.1 Å². The van der Waals surface area contributed by atoms with Gasteiger partial charge in [0.1, 0.15) is 24.6 Å². The summed E-state index contributed by atoms with van der Waals surface area (Å²) < 4.78 is 33.7. The molecule has 5 atom stereocenters. The standard InChI is InChI=1S/C19H22N6O6S/c20-32(28,29)30-7-13-15(26)16(27)19(31-13)25-9-23-14-17(21-8-22-18(14)25)24-12-6-5-10-3-1-2-4-11(10)12/h1-4,8-9,12-13,15-16,19,26-27H,5-7H2,(H2,20,28,29)(H,21,22,24)/t12-,13+,15?,16?,19+/m0/s1. The predicted molar refractivity (Wildman–Crippen MR) is 111 cm³/mol. The van der Waals surface area contributed by atoms with Crippen LogP contribution in [0.2, 0.25) is 0 Å². The van der Waals surface area contributed by atoms with Crippen LogP contribution >= 0.6 is 0 Å². The van der Waals surface area contributed by atoms with E-state index >= 15 is 0 Å².